The van der Waals surface area contributed by atoms with Gasteiger partial charge in [-0.15, -0.1) is 0 Å². The third kappa shape index (κ3) is 4.52. The molecule has 0 saturated heterocycles. The first-order valence-electron chi connectivity index (χ1n) is 6.55. The normalized spacial score (nSPS) is 20.2. The topological polar surface area (TPSA) is 32.3 Å². The van der Waals surface area contributed by atoms with Gasteiger partial charge in [0.15, 0.2) is 0 Å². The summed E-state index contributed by atoms with van der Waals surface area (Å²) in [4.78, 5) is 13.1. The van der Waals surface area contributed by atoms with Gasteiger partial charge in [0.1, 0.15) is 0 Å². The molecule has 1 atom stereocenters. The van der Waals surface area contributed by atoms with E-state index in [1.165, 1.54) is 38.5 Å². The molecule has 0 heterocycles. The monoisotopic (exact) mass is 226 g/mol. The lowest BCUT2D eigenvalue weighted by Gasteiger charge is -2.24. The molecule has 3 nitrogen and oxygen atoms in total. The maximum absolute atomic E-state index is 11.5. The second-order valence-electron chi connectivity index (χ2n) is 5.21. The molecule has 1 amide bonds. The average Bonchev–Trinajstić information content (AvgIpc) is 2.53. The molecule has 94 valence electrons. The summed E-state index contributed by atoms with van der Waals surface area (Å²) in [5.41, 5.74) is 0. The summed E-state index contributed by atoms with van der Waals surface area (Å²) < 4.78 is 0. The van der Waals surface area contributed by atoms with Crippen LogP contribution in [-0.4, -0.2) is 37.5 Å². The summed E-state index contributed by atoms with van der Waals surface area (Å²) in [6.45, 7) is 2.70. The van der Waals surface area contributed by atoms with E-state index in [4.69, 9.17) is 0 Å². The number of rotatable bonds is 4. The largest absolute Gasteiger partial charge is 0.348 e. The van der Waals surface area contributed by atoms with Crippen molar-refractivity contribution in [3.63, 3.8) is 0 Å². The van der Waals surface area contributed by atoms with Gasteiger partial charge in [0.25, 0.3) is 0 Å². The fraction of sp³-hybridized carbons (Fsp3) is 0.923. The van der Waals surface area contributed by atoms with Gasteiger partial charge in [0, 0.05) is 20.1 Å². The highest BCUT2D eigenvalue weighted by molar-refractivity contribution is 5.77. The zero-order valence-corrected chi connectivity index (χ0v) is 11.0. The quantitative estimate of drug-likeness (QED) is 0.744. The van der Waals surface area contributed by atoms with Crippen molar-refractivity contribution in [1.29, 1.82) is 0 Å². The Hall–Kier alpha value is -0.570. The number of nitrogens with one attached hydrogen (secondary N) is 1. The molecule has 0 bridgehead atoms. The summed E-state index contributed by atoms with van der Waals surface area (Å²) in [5.74, 6) is 0.929. The average molecular weight is 226 g/mol. The number of carbonyl (C=O) groups excluding carboxylic acids is 1. The van der Waals surface area contributed by atoms with Crippen LogP contribution in [0.1, 0.15) is 45.4 Å². The number of nitrogens with zero attached hydrogens (tertiary/aromatic N) is 1. The van der Waals surface area contributed by atoms with Gasteiger partial charge in [-0.1, -0.05) is 25.7 Å². The Bertz CT molecular complexity index is 208. The molecular weight excluding hydrogens is 200 g/mol. The van der Waals surface area contributed by atoms with Gasteiger partial charge >= 0.3 is 0 Å². The first-order chi connectivity index (χ1) is 7.61. The Morgan fingerprint density at radius 2 is 1.81 bits per heavy atom. The lowest BCUT2D eigenvalue weighted by Crippen LogP contribution is -2.40. The second kappa shape index (κ2) is 6.89. The first kappa shape index (κ1) is 13.5. The van der Waals surface area contributed by atoms with Crippen molar-refractivity contribution in [2.75, 3.05) is 20.6 Å². The van der Waals surface area contributed by atoms with Crippen LogP contribution in [0.3, 0.4) is 0 Å². The molecule has 1 saturated carbocycles. The van der Waals surface area contributed by atoms with Crippen molar-refractivity contribution < 1.29 is 4.79 Å². The van der Waals surface area contributed by atoms with Crippen LogP contribution >= 0.6 is 0 Å². The Balaban J connectivity index is 2.27. The first-order valence-corrected chi connectivity index (χ1v) is 6.55. The van der Waals surface area contributed by atoms with Crippen molar-refractivity contribution in [2.24, 2.45) is 5.92 Å². The number of hydrogen-bond acceptors (Lipinski definition) is 2. The van der Waals surface area contributed by atoms with Crippen molar-refractivity contribution in [3.8, 4) is 0 Å². The van der Waals surface area contributed by atoms with E-state index in [1.807, 2.05) is 0 Å². The molecule has 1 aliphatic carbocycles. The highest BCUT2D eigenvalue weighted by Gasteiger charge is 2.19. The molecule has 0 aromatic rings. The van der Waals surface area contributed by atoms with Gasteiger partial charge in [-0.2, -0.15) is 0 Å². The molecule has 0 spiro atoms. The van der Waals surface area contributed by atoms with Crippen molar-refractivity contribution in [3.05, 3.63) is 0 Å². The zero-order valence-electron chi connectivity index (χ0n) is 11.0. The van der Waals surface area contributed by atoms with E-state index in [2.05, 4.69) is 12.2 Å². The Labute approximate surface area is 99.6 Å². The van der Waals surface area contributed by atoms with E-state index in [0.29, 0.717) is 12.6 Å². The molecule has 0 radical (unpaired) electrons. The molecule has 3 heteroatoms. The summed E-state index contributed by atoms with van der Waals surface area (Å²) in [6.07, 6.45) is 8.14. The smallest absolute Gasteiger partial charge is 0.236 e. The standard InChI is InChI=1S/C13H26N2O/c1-11(14-10-13(16)15(2)3)12-8-6-4-5-7-9-12/h11-12,14H,4-10H2,1-3H3/t11-/m0/s1. The number of likely N-dealkylation sites (N-methyl/N-ethyl adjacent to an activating group) is 1. The number of hydrogen-bond donors (Lipinski definition) is 1. The predicted molar refractivity (Wildman–Crippen MR) is 67.4 cm³/mol. The van der Waals surface area contributed by atoms with Gasteiger partial charge < -0.3 is 10.2 Å². The zero-order chi connectivity index (χ0) is 12.0. The van der Waals surface area contributed by atoms with Crippen LogP contribution < -0.4 is 5.32 Å². The van der Waals surface area contributed by atoms with Crippen LogP contribution in [0.5, 0.6) is 0 Å². The summed E-state index contributed by atoms with van der Waals surface area (Å²) in [5, 5.41) is 3.37. The molecule has 1 fully saturated rings. The second-order valence-corrected chi connectivity index (χ2v) is 5.21. The fourth-order valence-electron chi connectivity index (χ4n) is 2.38. The molecule has 0 aromatic heterocycles. The Morgan fingerprint density at radius 1 is 1.25 bits per heavy atom. The number of amides is 1. The Kier molecular flexibility index (Phi) is 5.81. The third-order valence-electron chi connectivity index (χ3n) is 3.68. The van der Waals surface area contributed by atoms with Crippen molar-refractivity contribution >= 4 is 5.91 Å². The predicted octanol–water partition coefficient (Wildman–Crippen LogP) is 2.02. The number of carbonyl (C=O) groups is 1. The van der Waals surface area contributed by atoms with E-state index in [0.717, 1.165) is 5.92 Å². The molecule has 0 aromatic carbocycles. The van der Waals surface area contributed by atoms with Gasteiger partial charge in [0.05, 0.1) is 6.54 Å². The fourth-order valence-corrected chi connectivity index (χ4v) is 2.38. The minimum atomic E-state index is 0.167. The van der Waals surface area contributed by atoms with E-state index in [9.17, 15) is 4.79 Å². The van der Waals surface area contributed by atoms with Gasteiger partial charge in [0.2, 0.25) is 5.91 Å². The minimum Gasteiger partial charge on any atom is -0.348 e. The van der Waals surface area contributed by atoms with Crippen LogP contribution in [0.2, 0.25) is 0 Å². The molecule has 1 rings (SSSR count). The SMILES string of the molecule is C[C@H](NCC(=O)N(C)C)C1CCCCCC1. The molecule has 1 aliphatic rings. The van der Waals surface area contributed by atoms with Gasteiger partial charge in [-0.25, -0.2) is 0 Å². The molecule has 0 unspecified atom stereocenters. The molecular formula is C13H26N2O. The maximum atomic E-state index is 11.5. The lowest BCUT2D eigenvalue weighted by molar-refractivity contribution is -0.127. The minimum absolute atomic E-state index is 0.167. The Morgan fingerprint density at radius 3 is 2.31 bits per heavy atom. The van der Waals surface area contributed by atoms with E-state index < -0.39 is 0 Å². The van der Waals surface area contributed by atoms with Crippen molar-refractivity contribution in [1.82, 2.24) is 10.2 Å². The maximum Gasteiger partial charge on any atom is 0.236 e. The van der Waals surface area contributed by atoms with Crippen LogP contribution in [0.15, 0.2) is 0 Å². The van der Waals surface area contributed by atoms with Crippen LogP contribution in [0.4, 0.5) is 0 Å². The summed E-state index contributed by atoms with van der Waals surface area (Å²) in [7, 11) is 3.61. The van der Waals surface area contributed by atoms with Gasteiger partial charge in [-0.3, -0.25) is 4.79 Å². The van der Waals surface area contributed by atoms with Crippen LogP contribution in [0.25, 0.3) is 0 Å². The summed E-state index contributed by atoms with van der Waals surface area (Å²) >= 11 is 0. The third-order valence-corrected chi connectivity index (χ3v) is 3.68. The highest BCUT2D eigenvalue weighted by Crippen LogP contribution is 2.25. The van der Waals surface area contributed by atoms with Crippen molar-refractivity contribution in [2.45, 2.75) is 51.5 Å². The molecule has 0 aliphatic heterocycles. The van der Waals surface area contributed by atoms with Crippen LogP contribution in [-0.2, 0) is 4.79 Å². The summed E-state index contributed by atoms with van der Waals surface area (Å²) in [6, 6.07) is 0.474. The molecule has 16 heavy (non-hydrogen) atoms. The van der Waals surface area contributed by atoms with Gasteiger partial charge in [-0.05, 0) is 25.7 Å². The van der Waals surface area contributed by atoms with Crippen LogP contribution in [0, 0.1) is 5.92 Å². The lowest BCUT2D eigenvalue weighted by atomic mass is 9.93. The van der Waals surface area contributed by atoms with E-state index >= 15 is 0 Å². The van der Waals surface area contributed by atoms with E-state index in [-0.39, 0.29) is 5.91 Å². The van der Waals surface area contributed by atoms with E-state index in [1.54, 1.807) is 19.0 Å². The molecule has 1 N–H and O–H groups in total. The highest BCUT2D eigenvalue weighted by atomic mass is 16.2.